The summed E-state index contributed by atoms with van der Waals surface area (Å²) in [5.74, 6) is 0. The molecule has 0 bridgehead atoms. The molecule has 4 nitrogen and oxygen atoms in total. The summed E-state index contributed by atoms with van der Waals surface area (Å²) < 4.78 is 4.68. The van der Waals surface area contributed by atoms with Crippen molar-refractivity contribution in [1.82, 2.24) is 9.13 Å². The van der Waals surface area contributed by atoms with E-state index in [2.05, 4.69) is 264 Å². The lowest BCUT2D eigenvalue weighted by Gasteiger charge is -2.33. The molecule has 2 aromatic heterocycles. The topological polar surface area (TPSA) is 16.3 Å². The Balaban J connectivity index is 1.21. The Morgan fingerprint density at radius 3 is 1.25 bits per heavy atom. The normalized spacial score (nSPS) is 12.3. The molecule has 11 aromatic rings. The van der Waals surface area contributed by atoms with Gasteiger partial charge >= 0.3 is 0 Å². The van der Waals surface area contributed by atoms with Crippen molar-refractivity contribution >= 4 is 111 Å². The summed E-state index contributed by atoms with van der Waals surface area (Å²) in [6.07, 6.45) is 10.8. The number of hydrogen-bond acceptors (Lipinski definition) is 2. The molecule has 0 N–H and O–H groups in total. The van der Waals surface area contributed by atoms with Crippen molar-refractivity contribution in [3.05, 3.63) is 218 Å². The fraction of sp³-hybridized carbons (Fsp3) is 0.0508. The Morgan fingerprint density at radius 2 is 0.762 bits per heavy atom. The molecule has 0 atom stereocenters. The Kier molecular flexibility index (Phi) is 9.47. The van der Waals surface area contributed by atoms with Crippen LogP contribution in [0.1, 0.15) is 20.8 Å². The zero-order chi connectivity index (χ0) is 42.4. The molecule has 4 heteroatoms. The van der Waals surface area contributed by atoms with Crippen molar-refractivity contribution in [2.75, 3.05) is 9.80 Å². The van der Waals surface area contributed by atoms with Gasteiger partial charge in [0.1, 0.15) is 0 Å². The van der Waals surface area contributed by atoms with Crippen LogP contribution in [0.3, 0.4) is 0 Å². The molecule has 0 saturated carbocycles. The molecule has 0 aliphatic carbocycles. The third-order valence-corrected chi connectivity index (χ3v) is 12.4. The largest absolute Gasteiger partial charge is 0.316 e. The van der Waals surface area contributed by atoms with E-state index < -0.39 is 0 Å². The van der Waals surface area contributed by atoms with E-state index in [1.807, 2.05) is 0 Å². The van der Waals surface area contributed by atoms with Crippen LogP contribution in [0, 0.1) is 0 Å². The second-order valence-corrected chi connectivity index (χ2v) is 16.0. The maximum Gasteiger partial charge on any atom is 0.0619 e. The lowest BCUT2D eigenvalue weighted by atomic mass is 9.95. The second-order valence-electron chi connectivity index (χ2n) is 16.0. The molecule has 302 valence electrons. The number of nitrogens with zero attached hydrogens (tertiary/aromatic N) is 4. The number of anilines is 6. The SMILES string of the molecule is C/C=C\C(=C/C)n1c2ccccc2c2cc(N(c3ccccc3)c3c4ccccc4c(N(c4ccccc4)c4ccc5c(c4)c4ccccc4n5/C=C/C)c4ccccc34)ccc21. The van der Waals surface area contributed by atoms with Crippen LogP contribution < -0.4 is 9.80 Å². The number of para-hydroxylation sites is 4. The number of allylic oxidation sites excluding steroid dienone is 5. The van der Waals surface area contributed by atoms with Crippen LogP contribution in [0.25, 0.3) is 77.1 Å². The third-order valence-electron chi connectivity index (χ3n) is 12.4. The monoisotopic (exact) mass is 810 g/mol. The minimum absolute atomic E-state index is 1.09. The number of benzene rings is 9. The summed E-state index contributed by atoms with van der Waals surface area (Å²) in [5, 5.41) is 9.52. The van der Waals surface area contributed by atoms with Gasteiger partial charge in [-0.2, -0.15) is 0 Å². The first-order valence-electron chi connectivity index (χ1n) is 21.8. The van der Waals surface area contributed by atoms with Gasteiger partial charge in [0.25, 0.3) is 0 Å². The molecule has 0 aliphatic heterocycles. The maximum absolute atomic E-state index is 2.47. The summed E-state index contributed by atoms with van der Waals surface area (Å²) in [6, 6.07) is 71.0. The molecule has 63 heavy (non-hydrogen) atoms. The van der Waals surface area contributed by atoms with E-state index in [9.17, 15) is 0 Å². The zero-order valence-electron chi connectivity index (χ0n) is 35.7. The van der Waals surface area contributed by atoms with Crippen LogP contribution in [0.5, 0.6) is 0 Å². The van der Waals surface area contributed by atoms with E-state index in [1.165, 1.54) is 43.6 Å². The lowest BCUT2D eigenvalue weighted by Crippen LogP contribution is -2.14. The fourth-order valence-electron chi connectivity index (χ4n) is 9.82. The van der Waals surface area contributed by atoms with Gasteiger partial charge in [0, 0.05) is 77.7 Å². The Hall–Kier alpha value is -8.08. The smallest absolute Gasteiger partial charge is 0.0619 e. The molecule has 9 aromatic carbocycles. The summed E-state index contributed by atoms with van der Waals surface area (Å²) >= 11 is 0. The Labute approximate surface area is 367 Å². The van der Waals surface area contributed by atoms with Gasteiger partial charge in [-0.3, -0.25) is 0 Å². The van der Waals surface area contributed by atoms with Crippen LogP contribution in [-0.4, -0.2) is 9.13 Å². The van der Waals surface area contributed by atoms with E-state index >= 15 is 0 Å². The highest BCUT2D eigenvalue weighted by Gasteiger charge is 2.26. The quantitative estimate of drug-likeness (QED) is 0.0820. The van der Waals surface area contributed by atoms with Gasteiger partial charge in [-0.1, -0.05) is 140 Å². The minimum Gasteiger partial charge on any atom is -0.316 e. The van der Waals surface area contributed by atoms with Gasteiger partial charge in [-0.25, -0.2) is 0 Å². The van der Waals surface area contributed by atoms with Crippen molar-refractivity contribution in [2.24, 2.45) is 0 Å². The van der Waals surface area contributed by atoms with Crippen LogP contribution in [0.15, 0.2) is 218 Å². The van der Waals surface area contributed by atoms with Gasteiger partial charge in [-0.05, 0) is 99.6 Å². The Morgan fingerprint density at radius 1 is 0.365 bits per heavy atom. The molecular formula is C59H46N4. The van der Waals surface area contributed by atoms with E-state index in [0.717, 1.165) is 61.4 Å². The van der Waals surface area contributed by atoms with Gasteiger partial charge in [0.2, 0.25) is 0 Å². The van der Waals surface area contributed by atoms with E-state index in [1.54, 1.807) is 0 Å². The highest BCUT2D eigenvalue weighted by Crippen LogP contribution is 2.52. The fourth-order valence-corrected chi connectivity index (χ4v) is 9.82. The molecule has 0 radical (unpaired) electrons. The predicted octanol–water partition coefficient (Wildman–Crippen LogP) is 17.1. The first kappa shape index (κ1) is 37.9. The first-order valence-corrected chi connectivity index (χ1v) is 21.8. The average molecular weight is 811 g/mol. The lowest BCUT2D eigenvalue weighted by molar-refractivity contribution is 1.23. The van der Waals surface area contributed by atoms with Crippen LogP contribution >= 0.6 is 0 Å². The molecule has 2 heterocycles. The van der Waals surface area contributed by atoms with Crippen molar-refractivity contribution in [1.29, 1.82) is 0 Å². The van der Waals surface area contributed by atoms with Crippen LogP contribution in [0.4, 0.5) is 34.1 Å². The van der Waals surface area contributed by atoms with Crippen molar-refractivity contribution < 1.29 is 0 Å². The van der Waals surface area contributed by atoms with E-state index in [-0.39, 0.29) is 0 Å². The van der Waals surface area contributed by atoms with Gasteiger partial charge in [0.15, 0.2) is 0 Å². The number of rotatable bonds is 9. The molecule has 11 rings (SSSR count). The van der Waals surface area contributed by atoms with Crippen molar-refractivity contribution in [3.8, 4) is 0 Å². The predicted molar refractivity (Wildman–Crippen MR) is 273 cm³/mol. The second kappa shape index (κ2) is 15.7. The summed E-state index contributed by atoms with van der Waals surface area (Å²) in [4.78, 5) is 4.94. The molecule has 0 saturated heterocycles. The minimum atomic E-state index is 1.09. The summed E-state index contributed by atoms with van der Waals surface area (Å²) in [7, 11) is 0. The molecule has 0 amide bonds. The first-order chi connectivity index (χ1) is 31.2. The van der Waals surface area contributed by atoms with Gasteiger partial charge in [0.05, 0.1) is 33.4 Å². The highest BCUT2D eigenvalue weighted by molar-refractivity contribution is 6.24. The van der Waals surface area contributed by atoms with Crippen LogP contribution in [0.2, 0.25) is 0 Å². The van der Waals surface area contributed by atoms with Gasteiger partial charge in [-0.15, -0.1) is 0 Å². The Bertz CT molecular complexity index is 3550. The molecule has 0 unspecified atom stereocenters. The third kappa shape index (κ3) is 6.14. The van der Waals surface area contributed by atoms with E-state index in [4.69, 9.17) is 0 Å². The molecule has 0 aliphatic rings. The zero-order valence-corrected chi connectivity index (χ0v) is 35.7. The average Bonchev–Trinajstić information content (AvgIpc) is 3.84. The number of hydrogen-bond donors (Lipinski definition) is 0. The highest BCUT2D eigenvalue weighted by atomic mass is 15.2. The van der Waals surface area contributed by atoms with Crippen molar-refractivity contribution in [3.63, 3.8) is 0 Å². The molecular weight excluding hydrogens is 765 g/mol. The standard InChI is InChI=1S/C59H46N4/c1-4-21-41(6-3)63-56-33-20-18-27-47(56)53-40-45(35-37-57(53)63)62(43-24-11-8-12-25-43)59-50-30-15-13-28-48(50)58(49-29-14-16-31-51(49)59)61(42-22-9-7-10-23-42)44-34-36-55-52(39-44)46-26-17-19-32-54(46)60(55)38-5-2/h4-40H,1-3H3/b21-4-,38-5+,41-6+. The molecule has 0 fully saturated rings. The number of fused-ring (bicyclic) bond motifs is 8. The molecule has 0 spiro atoms. The summed E-state index contributed by atoms with van der Waals surface area (Å²) in [5.41, 5.74) is 12.5. The van der Waals surface area contributed by atoms with Crippen LogP contribution in [-0.2, 0) is 0 Å². The maximum atomic E-state index is 2.47. The summed E-state index contributed by atoms with van der Waals surface area (Å²) in [6.45, 7) is 6.27. The van der Waals surface area contributed by atoms with Crippen molar-refractivity contribution in [2.45, 2.75) is 20.8 Å². The van der Waals surface area contributed by atoms with E-state index in [0.29, 0.717) is 0 Å². The van der Waals surface area contributed by atoms with Gasteiger partial charge < -0.3 is 18.9 Å². The number of aromatic nitrogens is 2.